The molecule has 1 unspecified atom stereocenters. The van der Waals surface area contributed by atoms with Crippen molar-refractivity contribution in [3.63, 3.8) is 0 Å². The monoisotopic (exact) mass is 326 g/mol. The fraction of sp³-hybridized carbons (Fsp3) is 0.545. The van der Waals surface area contributed by atoms with Gasteiger partial charge in [-0.15, -0.1) is 0 Å². The molecule has 23 heavy (non-hydrogen) atoms. The molecule has 2 rings (SSSR count). The van der Waals surface area contributed by atoms with Gasteiger partial charge in [-0.3, -0.25) is 0 Å². The molecule has 0 radical (unpaired) electrons. The maximum atomic E-state index is 2.62. The summed E-state index contributed by atoms with van der Waals surface area (Å²) in [6.45, 7) is 11.8. The number of aryl methyl sites for hydroxylation is 2. The molecule has 0 saturated heterocycles. The molecule has 1 atom stereocenters. The van der Waals surface area contributed by atoms with Gasteiger partial charge in [0.15, 0.2) is 0 Å². The number of hydrogen-bond donors (Lipinski definition) is 0. The highest BCUT2D eigenvalue weighted by Crippen LogP contribution is 2.35. The van der Waals surface area contributed by atoms with Crippen LogP contribution in [-0.4, -0.2) is 8.07 Å². The summed E-state index contributed by atoms with van der Waals surface area (Å²) in [5.74, 6) is 0. The highest BCUT2D eigenvalue weighted by molar-refractivity contribution is 6.97. The third-order valence-electron chi connectivity index (χ3n) is 5.32. The van der Waals surface area contributed by atoms with Crippen LogP contribution in [0.25, 0.3) is 0 Å². The van der Waals surface area contributed by atoms with Crippen molar-refractivity contribution in [2.75, 3.05) is 0 Å². The second-order valence-corrected chi connectivity index (χ2v) is 11.8. The Morgan fingerprint density at radius 1 is 0.913 bits per heavy atom. The molecule has 0 fully saturated rings. The van der Waals surface area contributed by atoms with Crippen molar-refractivity contribution in [2.45, 2.75) is 78.8 Å². The van der Waals surface area contributed by atoms with E-state index in [2.05, 4.69) is 64.6 Å². The van der Waals surface area contributed by atoms with E-state index in [1.165, 1.54) is 49.3 Å². The molecule has 1 aliphatic carbocycles. The van der Waals surface area contributed by atoms with Gasteiger partial charge in [-0.2, -0.15) is 0 Å². The molecule has 0 spiro atoms. The Hall–Kier alpha value is -1.08. The lowest BCUT2D eigenvalue weighted by molar-refractivity contribution is 0.795. The highest BCUT2D eigenvalue weighted by Gasteiger charge is 2.36. The normalized spacial score (nSPS) is 16.9. The summed E-state index contributed by atoms with van der Waals surface area (Å²) in [7, 11) is -1.60. The summed E-state index contributed by atoms with van der Waals surface area (Å²) in [5.41, 5.74) is 4.53. The van der Waals surface area contributed by atoms with Crippen molar-refractivity contribution in [3.05, 3.63) is 52.2 Å². The van der Waals surface area contributed by atoms with Gasteiger partial charge >= 0.3 is 0 Å². The van der Waals surface area contributed by atoms with E-state index >= 15 is 0 Å². The molecule has 0 bridgehead atoms. The molecule has 1 aromatic carbocycles. The van der Waals surface area contributed by atoms with E-state index in [0.29, 0.717) is 0 Å². The third-order valence-corrected chi connectivity index (χ3v) is 9.95. The van der Waals surface area contributed by atoms with Crippen LogP contribution < -0.4 is 5.19 Å². The Bertz CT molecular complexity index is 574. The van der Waals surface area contributed by atoms with E-state index in [4.69, 9.17) is 0 Å². The van der Waals surface area contributed by atoms with Crippen molar-refractivity contribution in [1.29, 1.82) is 0 Å². The Balaban J connectivity index is 2.41. The SMILES string of the molecule is CCCCC1=CCC=C1[Si](C)(CCCC)c1cc(C)cc(C)c1. The lowest BCUT2D eigenvalue weighted by atomic mass is 10.1. The summed E-state index contributed by atoms with van der Waals surface area (Å²) in [4.78, 5) is 0. The van der Waals surface area contributed by atoms with Crippen molar-refractivity contribution in [3.8, 4) is 0 Å². The predicted octanol–water partition coefficient (Wildman–Crippen LogP) is 6.38. The fourth-order valence-electron chi connectivity index (χ4n) is 4.00. The highest BCUT2D eigenvalue weighted by atomic mass is 28.3. The second kappa shape index (κ2) is 8.15. The van der Waals surface area contributed by atoms with Crippen LogP contribution >= 0.6 is 0 Å². The van der Waals surface area contributed by atoms with Gasteiger partial charge in [-0.05, 0) is 39.2 Å². The average Bonchev–Trinajstić information content (AvgIpc) is 2.98. The minimum Gasteiger partial charge on any atom is -0.0808 e. The predicted molar refractivity (Wildman–Crippen MR) is 107 cm³/mol. The van der Waals surface area contributed by atoms with E-state index in [9.17, 15) is 0 Å². The van der Waals surface area contributed by atoms with Gasteiger partial charge in [0.1, 0.15) is 8.07 Å². The van der Waals surface area contributed by atoms with Crippen LogP contribution in [0, 0.1) is 13.8 Å². The van der Waals surface area contributed by atoms with Crippen LogP contribution in [0.4, 0.5) is 0 Å². The number of benzene rings is 1. The van der Waals surface area contributed by atoms with Gasteiger partial charge in [0.05, 0.1) is 0 Å². The molecule has 126 valence electrons. The summed E-state index contributed by atoms with van der Waals surface area (Å²) >= 11 is 0. The molecule has 0 saturated carbocycles. The summed E-state index contributed by atoms with van der Waals surface area (Å²) in [6, 6.07) is 8.66. The molecular formula is C22H34Si. The number of hydrogen-bond acceptors (Lipinski definition) is 0. The maximum absolute atomic E-state index is 2.62. The Kier molecular flexibility index (Phi) is 6.47. The minimum atomic E-state index is -1.60. The second-order valence-electron chi connectivity index (χ2n) is 7.50. The quantitative estimate of drug-likeness (QED) is 0.486. The topological polar surface area (TPSA) is 0 Å². The van der Waals surface area contributed by atoms with Gasteiger partial charge < -0.3 is 0 Å². The third kappa shape index (κ3) is 4.26. The molecule has 1 aliphatic rings. The number of rotatable bonds is 8. The van der Waals surface area contributed by atoms with Gasteiger partial charge in [-0.1, -0.05) is 97.1 Å². The van der Waals surface area contributed by atoms with Crippen LogP contribution in [0.2, 0.25) is 12.6 Å². The molecule has 0 nitrogen and oxygen atoms in total. The Morgan fingerprint density at radius 2 is 1.57 bits per heavy atom. The van der Waals surface area contributed by atoms with E-state index in [1.54, 1.807) is 16.0 Å². The average molecular weight is 327 g/mol. The first-order valence-electron chi connectivity index (χ1n) is 9.50. The maximum Gasteiger partial charge on any atom is 0.115 e. The number of unbranched alkanes of at least 4 members (excludes halogenated alkanes) is 2. The van der Waals surface area contributed by atoms with Gasteiger partial charge in [0, 0.05) is 0 Å². The van der Waals surface area contributed by atoms with Crippen LogP contribution in [0.1, 0.15) is 63.5 Å². The van der Waals surface area contributed by atoms with E-state index < -0.39 is 8.07 Å². The lowest BCUT2D eigenvalue weighted by Gasteiger charge is -2.32. The zero-order chi connectivity index (χ0) is 16.9. The van der Waals surface area contributed by atoms with Crippen molar-refractivity contribution < 1.29 is 0 Å². The van der Waals surface area contributed by atoms with Crippen molar-refractivity contribution in [2.24, 2.45) is 0 Å². The molecule has 0 aromatic heterocycles. The van der Waals surface area contributed by atoms with Crippen molar-refractivity contribution >= 4 is 13.3 Å². The Morgan fingerprint density at radius 3 is 2.17 bits per heavy atom. The molecule has 1 heteroatoms. The zero-order valence-corrected chi connectivity index (χ0v) is 16.8. The van der Waals surface area contributed by atoms with Crippen molar-refractivity contribution in [1.82, 2.24) is 0 Å². The smallest absolute Gasteiger partial charge is 0.0808 e. The molecule has 0 amide bonds. The summed E-state index contributed by atoms with van der Waals surface area (Å²) in [5, 5.41) is 3.41. The van der Waals surface area contributed by atoms with E-state index in [0.717, 1.165) is 6.42 Å². The van der Waals surface area contributed by atoms with Crippen LogP contribution in [0.15, 0.2) is 41.1 Å². The van der Waals surface area contributed by atoms with Gasteiger partial charge in [0.2, 0.25) is 0 Å². The molecular weight excluding hydrogens is 292 g/mol. The van der Waals surface area contributed by atoms with Crippen LogP contribution in [0.5, 0.6) is 0 Å². The summed E-state index contributed by atoms with van der Waals surface area (Å²) in [6.07, 6.45) is 12.8. The fourth-order valence-corrected chi connectivity index (χ4v) is 8.53. The molecule has 1 aromatic rings. The first kappa shape index (κ1) is 18.3. The molecule has 0 heterocycles. The summed E-state index contributed by atoms with van der Waals surface area (Å²) < 4.78 is 0. The standard InChI is InChI=1S/C22H34Si/c1-6-8-11-20-12-10-13-22(20)23(5,14-9-7-2)21-16-18(3)15-19(4)17-21/h12-13,15-17H,6-11,14H2,1-5H3. The van der Waals surface area contributed by atoms with E-state index in [-0.39, 0.29) is 0 Å². The first-order chi connectivity index (χ1) is 11.0. The minimum absolute atomic E-state index is 1.16. The molecule has 0 aliphatic heterocycles. The first-order valence-corrected chi connectivity index (χ1v) is 12.2. The van der Waals surface area contributed by atoms with Gasteiger partial charge in [0.25, 0.3) is 0 Å². The van der Waals surface area contributed by atoms with Crippen LogP contribution in [0.3, 0.4) is 0 Å². The Labute approximate surface area is 144 Å². The molecule has 0 N–H and O–H groups in total. The van der Waals surface area contributed by atoms with Crippen LogP contribution in [-0.2, 0) is 0 Å². The number of allylic oxidation sites excluding steroid dienone is 4. The zero-order valence-electron chi connectivity index (χ0n) is 15.8. The van der Waals surface area contributed by atoms with Gasteiger partial charge in [-0.25, -0.2) is 0 Å². The van der Waals surface area contributed by atoms with E-state index in [1.807, 2.05) is 0 Å². The lowest BCUT2D eigenvalue weighted by Crippen LogP contribution is -2.47. The largest absolute Gasteiger partial charge is 0.115 e.